The van der Waals surface area contributed by atoms with Gasteiger partial charge < -0.3 is 4.90 Å². The van der Waals surface area contributed by atoms with Crippen molar-refractivity contribution in [2.24, 2.45) is 0 Å². The van der Waals surface area contributed by atoms with E-state index in [1.807, 2.05) is 48.7 Å². The Hall–Kier alpha value is -3.21. The second-order valence-corrected chi connectivity index (χ2v) is 5.44. The molecule has 0 fully saturated rings. The van der Waals surface area contributed by atoms with Gasteiger partial charge in [-0.25, -0.2) is 4.68 Å². The van der Waals surface area contributed by atoms with Crippen LogP contribution in [0.4, 0.5) is 0 Å². The van der Waals surface area contributed by atoms with Crippen molar-refractivity contribution >= 4 is 12.0 Å². The Morgan fingerprint density at radius 1 is 1.17 bits per heavy atom. The van der Waals surface area contributed by atoms with Gasteiger partial charge >= 0.3 is 0 Å². The van der Waals surface area contributed by atoms with Crippen molar-refractivity contribution < 1.29 is 4.79 Å². The molecule has 1 amide bonds. The number of pyridine rings is 1. The molecule has 0 saturated carbocycles. The van der Waals surface area contributed by atoms with Gasteiger partial charge in [-0.1, -0.05) is 18.2 Å². The smallest absolute Gasteiger partial charge is 0.246 e. The van der Waals surface area contributed by atoms with Gasteiger partial charge in [0.05, 0.1) is 11.9 Å². The van der Waals surface area contributed by atoms with Gasteiger partial charge in [-0.2, -0.15) is 5.10 Å². The van der Waals surface area contributed by atoms with Crippen molar-refractivity contribution in [3.8, 4) is 5.69 Å². The summed E-state index contributed by atoms with van der Waals surface area (Å²) in [6.45, 7) is 0.506. The zero-order valence-corrected chi connectivity index (χ0v) is 13.4. The Labute approximate surface area is 140 Å². The average Bonchev–Trinajstić information content (AvgIpc) is 3.10. The van der Waals surface area contributed by atoms with Gasteiger partial charge in [0.25, 0.3) is 0 Å². The minimum Gasteiger partial charge on any atom is -0.338 e. The highest BCUT2D eigenvalue weighted by Gasteiger charge is 2.08. The molecular weight excluding hydrogens is 300 g/mol. The van der Waals surface area contributed by atoms with E-state index in [2.05, 4.69) is 10.1 Å². The highest BCUT2D eigenvalue weighted by atomic mass is 16.2. The predicted octanol–water partition coefficient (Wildman–Crippen LogP) is 2.94. The van der Waals surface area contributed by atoms with Crippen LogP contribution in [0.5, 0.6) is 0 Å². The number of hydrogen-bond donors (Lipinski definition) is 0. The van der Waals surface area contributed by atoms with Crippen molar-refractivity contribution in [3.63, 3.8) is 0 Å². The topological polar surface area (TPSA) is 51.0 Å². The van der Waals surface area contributed by atoms with Gasteiger partial charge in [0.2, 0.25) is 5.91 Å². The predicted molar refractivity (Wildman–Crippen MR) is 93.3 cm³/mol. The second-order valence-electron chi connectivity index (χ2n) is 5.44. The first-order valence-electron chi connectivity index (χ1n) is 7.64. The van der Waals surface area contributed by atoms with Crippen molar-refractivity contribution in [2.75, 3.05) is 7.05 Å². The molecule has 0 unspecified atom stereocenters. The summed E-state index contributed by atoms with van der Waals surface area (Å²) in [7, 11) is 1.78. The lowest BCUT2D eigenvalue weighted by molar-refractivity contribution is -0.125. The van der Waals surface area contributed by atoms with E-state index in [4.69, 9.17) is 0 Å². The molecule has 0 aliphatic carbocycles. The lowest BCUT2D eigenvalue weighted by atomic mass is 10.2. The first-order chi connectivity index (χ1) is 11.7. The number of para-hydroxylation sites is 1. The number of carbonyl (C=O) groups excluding carboxylic acids is 1. The summed E-state index contributed by atoms with van der Waals surface area (Å²) in [5.74, 6) is -0.0562. The fourth-order valence-electron chi connectivity index (χ4n) is 2.28. The monoisotopic (exact) mass is 318 g/mol. The lowest BCUT2D eigenvalue weighted by Gasteiger charge is -2.13. The van der Waals surface area contributed by atoms with E-state index >= 15 is 0 Å². The molecule has 0 N–H and O–H groups in total. The van der Waals surface area contributed by atoms with Crippen LogP contribution >= 0.6 is 0 Å². The maximum absolute atomic E-state index is 12.2. The maximum atomic E-state index is 12.2. The van der Waals surface area contributed by atoms with E-state index in [0.29, 0.717) is 6.54 Å². The molecule has 2 aromatic heterocycles. The minimum absolute atomic E-state index is 0.0562. The van der Waals surface area contributed by atoms with Crippen molar-refractivity contribution in [3.05, 3.63) is 84.5 Å². The van der Waals surface area contributed by atoms with Crippen molar-refractivity contribution in [2.45, 2.75) is 6.54 Å². The summed E-state index contributed by atoms with van der Waals surface area (Å²) >= 11 is 0. The zero-order chi connectivity index (χ0) is 16.8. The molecule has 2 heterocycles. The summed E-state index contributed by atoms with van der Waals surface area (Å²) < 4.78 is 1.81. The first kappa shape index (κ1) is 15.7. The zero-order valence-electron chi connectivity index (χ0n) is 13.4. The van der Waals surface area contributed by atoms with Gasteiger partial charge in [0, 0.05) is 43.8 Å². The molecule has 5 heteroatoms. The highest BCUT2D eigenvalue weighted by molar-refractivity contribution is 5.91. The molecule has 0 spiro atoms. The molecule has 0 atom stereocenters. The van der Waals surface area contributed by atoms with E-state index in [9.17, 15) is 4.79 Å². The summed E-state index contributed by atoms with van der Waals surface area (Å²) in [6.07, 6.45) is 10.5. The molecule has 0 bridgehead atoms. The van der Waals surface area contributed by atoms with Crippen LogP contribution in [0.25, 0.3) is 11.8 Å². The van der Waals surface area contributed by atoms with Crippen LogP contribution in [0.2, 0.25) is 0 Å². The lowest BCUT2D eigenvalue weighted by Crippen LogP contribution is -2.23. The van der Waals surface area contributed by atoms with Gasteiger partial charge in [-0.15, -0.1) is 0 Å². The number of likely N-dealkylation sites (N-methyl/N-ethyl adjacent to an activating group) is 1. The Morgan fingerprint density at radius 3 is 2.67 bits per heavy atom. The molecule has 0 aliphatic rings. The highest BCUT2D eigenvalue weighted by Crippen LogP contribution is 2.09. The number of nitrogens with zero attached hydrogens (tertiary/aromatic N) is 4. The Bertz CT molecular complexity index is 825. The van der Waals surface area contributed by atoms with Crippen LogP contribution in [-0.4, -0.2) is 32.6 Å². The molecule has 3 rings (SSSR count). The quantitative estimate of drug-likeness (QED) is 0.680. The average molecular weight is 318 g/mol. The van der Waals surface area contributed by atoms with E-state index < -0.39 is 0 Å². The Kier molecular flexibility index (Phi) is 4.81. The first-order valence-corrected chi connectivity index (χ1v) is 7.64. The van der Waals surface area contributed by atoms with Gasteiger partial charge in [0.1, 0.15) is 0 Å². The summed E-state index contributed by atoms with van der Waals surface area (Å²) in [5, 5.41) is 4.35. The van der Waals surface area contributed by atoms with Crippen LogP contribution in [0.3, 0.4) is 0 Å². The molecule has 0 saturated heterocycles. The van der Waals surface area contributed by atoms with Crippen LogP contribution in [0, 0.1) is 0 Å². The van der Waals surface area contributed by atoms with Crippen LogP contribution in [0.1, 0.15) is 11.1 Å². The number of aromatic nitrogens is 3. The molecule has 3 aromatic rings. The molecular formula is C19H18N4O. The van der Waals surface area contributed by atoms with Crippen LogP contribution in [0.15, 0.2) is 73.3 Å². The number of benzene rings is 1. The third-order valence-corrected chi connectivity index (χ3v) is 3.58. The number of carbonyl (C=O) groups is 1. The molecule has 1 aromatic carbocycles. The van der Waals surface area contributed by atoms with Gasteiger partial charge in [0.15, 0.2) is 0 Å². The summed E-state index contributed by atoms with van der Waals surface area (Å²) in [4.78, 5) is 17.8. The molecule has 5 nitrogen and oxygen atoms in total. The largest absolute Gasteiger partial charge is 0.338 e. The van der Waals surface area contributed by atoms with Gasteiger partial charge in [-0.3, -0.25) is 9.78 Å². The fraction of sp³-hybridized carbons (Fsp3) is 0.105. The molecule has 120 valence electrons. The standard InChI is InChI=1S/C19H18N4O/c1-22(19(24)8-7-16-9-11-20-12-10-16)14-17-13-21-23(15-17)18-5-3-2-4-6-18/h2-13,15H,14H2,1H3/b8-7+. The molecule has 0 aliphatic heterocycles. The number of rotatable bonds is 5. The number of hydrogen-bond acceptors (Lipinski definition) is 3. The molecule has 0 radical (unpaired) electrons. The van der Waals surface area contributed by atoms with Gasteiger partial charge in [-0.05, 0) is 35.9 Å². The SMILES string of the molecule is CN(Cc1cnn(-c2ccccc2)c1)C(=O)/C=C/c1ccncc1. The minimum atomic E-state index is -0.0562. The third-order valence-electron chi connectivity index (χ3n) is 3.58. The van der Waals surface area contributed by atoms with E-state index in [0.717, 1.165) is 16.8 Å². The van der Waals surface area contributed by atoms with E-state index in [1.54, 1.807) is 47.4 Å². The second kappa shape index (κ2) is 7.37. The van der Waals surface area contributed by atoms with Crippen LogP contribution < -0.4 is 0 Å². The van der Waals surface area contributed by atoms with Crippen molar-refractivity contribution in [1.82, 2.24) is 19.7 Å². The van der Waals surface area contributed by atoms with Crippen molar-refractivity contribution in [1.29, 1.82) is 0 Å². The number of amides is 1. The third kappa shape index (κ3) is 3.95. The Balaban J connectivity index is 1.62. The summed E-state index contributed by atoms with van der Waals surface area (Å²) in [6, 6.07) is 13.6. The van der Waals surface area contributed by atoms with E-state index in [1.165, 1.54) is 0 Å². The maximum Gasteiger partial charge on any atom is 0.246 e. The summed E-state index contributed by atoms with van der Waals surface area (Å²) in [5.41, 5.74) is 2.92. The fourth-order valence-corrected chi connectivity index (χ4v) is 2.28. The normalized spacial score (nSPS) is 10.9. The Morgan fingerprint density at radius 2 is 1.92 bits per heavy atom. The molecule has 24 heavy (non-hydrogen) atoms. The van der Waals surface area contributed by atoms with E-state index in [-0.39, 0.29) is 5.91 Å². The van der Waals surface area contributed by atoms with Crippen LogP contribution in [-0.2, 0) is 11.3 Å².